The number of carbonyl (C=O) groups is 1. The summed E-state index contributed by atoms with van der Waals surface area (Å²) in [5.74, 6) is 1.16. The number of carbonyl (C=O) groups excluding carboxylic acids is 1. The maximum Gasteiger partial charge on any atom is 0.241 e. The van der Waals surface area contributed by atoms with Gasteiger partial charge in [0, 0.05) is 12.6 Å². The first kappa shape index (κ1) is 18.4. The van der Waals surface area contributed by atoms with Crippen LogP contribution in [-0.4, -0.2) is 54.1 Å². The molecule has 1 aliphatic rings. The van der Waals surface area contributed by atoms with E-state index < -0.39 is 0 Å². The summed E-state index contributed by atoms with van der Waals surface area (Å²) in [6.07, 6.45) is 2.28. The van der Waals surface area contributed by atoms with Gasteiger partial charge in [0.25, 0.3) is 0 Å². The van der Waals surface area contributed by atoms with E-state index in [4.69, 9.17) is 0 Å². The van der Waals surface area contributed by atoms with Gasteiger partial charge in [-0.15, -0.1) is 0 Å². The molecule has 21 heavy (non-hydrogen) atoms. The van der Waals surface area contributed by atoms with Gasteiger partial charge < -0.3 is 9.80 Å². The number of amides is 1. The van der Waals surface area contributed by atoms with Gasteiger partial charge in [0.1, 0.15) is 0 Å². The van der Waals surface area contributed by atoms with Crippen molar-refractivity contribution in [2.24, 2.45) is 11.8 Å². The molecule has 1 N–H and O–H groups in total. The summed E-state index contributed by atoms with van der Waals surface area (Å²) in [6, 6.07) is 0.566. The van der Waals surface area contributed by atoms with Crippen LogP contribution in [0.3, 0.4) is 0 Å². The predicted octanol–water partition coefficient (Wildman–Crippen LogP) is 2.55. The number of rotatable bonds is 8. The quantitative estimate of drug-likeness (QED) is 0.748. The van der Waals surface area contributed by atoms with E-state index in [2.05, 4.69) is 63.7 Å². The Morgan fingerprint density at radius 1 is 1.24 bits per heavy atom. The third-order valence-electron chi connectivity index (χ3n) is 4.87. The molecule has 0 aromatic rings. The van der Waals surface area contributed by atoms with Gasteiger partial charge in [0.05, 0.1) is 12.2 Å². The van der Waals surface area contributed by atoms with Crippen molar-refractivity contribution < 1.29 is 4.79 Å². The molecule has 0 aromatic heterocycles. The van der Waals surface area contributed by atoms with Gasteiger partial charge in [0.2, 0.25) is 5.91 Å². The Hall–Kier alpha value is -0.610. The molecule has 3 unspecified atom stereocenters. The van der Waals surface area contributed by atoms with E-state index in [1.54, 1.807) is 0 Å². The van der Waals surface area contributed by atoms with Gasteiger partial charge in [-0.3, -0.25) is 10.1 Å². The van der Waals surface area contributed by atoms with E-state index >= 15 is 0 Å². The third-order valence-corrected chi connectivity index (χ3v) is 4.87. The van der Waals surface area contributed by atoms with E-state index in [-0.39, 0.29) is 12.2 Å². The molecule has 4 nitrogen and oxygen atoms in total. The fraction of sp³-hybridized carbons (Fsp3) is 0.941. The summed E-state index contributed by atoms with van der Waals surface area (Å²) < 4.78 is 0. The molecule has 0 aliphatic carbocycles. The molecule has 0 spiro atoms. The minimum atomic E-state index is 0.00484. The van der Waals surface area contributed by atoms with Gasteiger partial charge in [-0.05, 0) is 45.7 Å². The van der Waals surface area contributed by atoms with Crippen LogP contribution in [0.25, 0.3) is 0 Å². The lowest BCUT2D eigenvalue weighted by Crippen LogP contribution is -2.43. The largest absolute Gasteiger partial charge is 0.325 e. The molecule has 124 valence electrons. The Balaban J connectivity index is 2.62. The van der Waals surface area contributed by atoms with E-state index in [0.717, 1.165) is 25.9 Å². The zero-order valence-corrected chi connectivity index (χ0v) is 15.0. The van der Waals surface area contributed by atoms with Crippen LogP contribution in [-0.2, 0) is 4.79 Å². The lowest BCUT2D eigenvalue weighted by molar-refractivity contribution is -0.131. The van der Waals surface area contributed by atoms with E-state index in [1.807, 2.05) is 0 Å². The minimum absolute atomic E-state index is 0.00484. The van der Waals surface area contributed by atoms with Crippen molar-refractivity contribution in [3.8, 4) is 0 Å². The lowest BCUT2D eigenvalue weighted by Gasteiger charge is -2.28. The maximum absolute atomic E-state index is 12.7. The second-order valence-corrected chi connectivity index (χ2v) is 7.18. The van der Waals surface area contributed by atoms with E-state index in [9.17, 15) is 4.79 Å². The van der Waals surface area contributed by atoms with Crippen molar-refractivity contribution in [2.75, 3.05) is 20.1 Å². The van der Waals surface area contributed by atoms with E-state index in [0.29, 0.717) is 23.8 Å². The summed E-state index contributed by atoms with van der Waals surface area (Å²) in [4.78, 5) is 17.1. The second kappa shape index (κ2) is 8.14. The molecule has 1 saturated heterocycles. The Morgan fingerprint density at radius 3 is 2.33 bits per heavy atom. The molecule has 1 fully saturated rings. The lowest BCUT2D eigenvalue weighted by atomic mass is 9.99. The smallest absolute Gasteiger partial charge is 0.241 e. The summed E-state index contributed by atoms with van der Waals surface area (Å²) in [5.41, 5.74) is 0. The average molecular weight is 297 g/mol. The van der Waals surface area contributed by atoms with Crippen molar-refractivity contribution >= 4 is 5.91 Å². The number of nitrogens with one attached hydrogen (secondary N) is 1. The first-order chi connectivity index (χ1) is 9.79. The molecular formula is C17H35N3O. The van der Waals surface area contributed by atoms with Gasteiger partial charge in [-0.1, -0.05) is 34.1 Å². The van der Waals surface area contributed by atoms with Crippen molar-refractivity contribution in [2.45, 2.75) is 72.6 Å². The van der Waals surface area contributed by atoms with Crippen molar-refractivity contribution in [3.63, 3.8) is 0 Å². The van der Waals surface area contributed by atoms with Crippen LogP contribution in [0.2, 0.25) is 0 Å². The summed E-state index contributed by atoms with van der Waals surface area (Å²) in [5, 5.41) is 3.56. The van der Waals surface area contributed by atoms with Crippen LogP contribution in [0.15, 0.2) is 0 Å². The molecule has 3 atom stereocenters. The molecule has 1 aliphatic heterocycles. The van der Waals surface area contributed by atoms with Crippen LogP contribution < -0.4 is 5.32 Å². The zero-order valence-electron chi connectivity index (χ0n) is 15.0. The highest BCUT2D eigenvalue weighted by atomic mass is 16.2. The normalized spacial score (nSPS) is 24.7. The highest BCUT2D eigenvalue weighted by Gasteiger charge is 2.41. The van der Waals surface area contributed by atoms with Crippen LogP contribution in [0.1, 0.15) is 54.4 Å². The fourth-order valence-corrected chi connectivity index (χ4v) is 2.85. The Kier molecular flexibility index (Phi) is 7.14. The zero-order chi connectivity index (χ0) is 16.2. The fourth-order valence-electron chi connectivity index (χ4n) is 2.85. The number of hydrogen-bond acceptors (Lipinski definition) is 3. The molecule has 0 saturated carbocycles. The molecule has 0 bridgehead atoms. The van der Waals surface area contributed by atoms with Crippen LogP contribution in [0, 0.1) is 11.8 Å². The third kappa shape index (κ3) is 4.68. The second-order valence-electron chi connectivity index (χ2n) is 7.18. The van der Waals surface area contributed by atoms with Gasteiger partial charge in [0.15, 0.2) is 0 Å². The summed E-state index contributed by atoms with van der Waals surface area (Å²) >= 11 is 0. The monoisotopic (exact) mass is 297 g/mol. The molecule has 1 rings (SSSR count). The molecule has 4 heteroatoms. The Bertz CT molecular complexity index is 330. The molecule has 0 aromatic carbocycles. The first-order valence-electron chi connectivity index (χ1n) is 8.56. The molecule has 1 heterocycles. The minimum Gasteiger partial charge on any atom is -0.325 e. The average Bonchev–Trinajstić information content (AvgIpc) is 2.75. The molecular weight excluding hydrogens is 262 g/mol. The van der Waals surface area contributed by atoms with Crippen molar-refractivity contribution in [1.82, 2.24) is 15.1 Å². The van der Waals surface area contributed by atoms with Crippen LogP contribution in [0.4, 0.5) is 0 Å². The Labute approximate surface area is 131 Å². The highest BCUT2D eigenvalue weighted by Crippen LogP contribution is 2.23. The number of hydrogen-bond donors (Lipinski definition) is 1. The summed E-state index contributed by atoms with van der Waals surface area (Å²) in [7, 11) is 2.15. The van der Waals surface area contributed by atoms with Crippen LogP contribution >= 0.6 is 0 Å². The van der Waals surface area contributed by atoms with Crippen LogP contribution in [0.5, 0.6) is 0 Å². The van der Waals surface area contributed by atoms with Gasteiger partial charge in [-0.2, -0.15) is 0 Å². The molecule has 0 radical (unpaired) electrons. The predicted molar refractivity (Wildman–Crippen MR) is 89.1 cm³/mol. The highest BCUT2D eigenvalue weighted by molar-refractivity contribution is 5.84. The standard InChI is InChI=1S/C17H35N3O/c1-8-14(6)15-17(21)20(16(18-15)12(2)3)11-9-10-19(7)13(4)5/h12-16,18H,8-11H2,1-7H3. The molecule has 1 amide bonds. The summed E-state index contributed by atoms with van der Waals surface area (Å²) in [6.45, 7) is 15.0. The van der Waals surface area contributed by atoms with Crippen molar-refractivity contribution in [3.05, 3.63) is 0 Å². The van der Waals surface area contributed by atoms with Gasteiger partial charge in [-0.25, -0.2) is 0 Å². The van der Waals surface area contributed by atoms with Gasteiger partial charge >= 0.3 is 0 Å². The topological polar surface area (TPSA) is 35.6 Å². The number of nitrogens with zero attached hydrogens (tertiary/aromatic N) is 2. The maximum atomic E-state index is 12.7. The van der Waals surface area contributed by atoms with Crippen molar-refractivity contribution in [1.29, 1.82) is 0 Å². The Morgan fingerprint density at radius 2 is 1.86 bits per heavy atom. The first-order valence-corrected chi connectivity index (χ1v) is 8.56. The van der Waals surface area contributed by atoms with E-state index in [1.165, 1.54) is 0 Å². The SMILES string of the molecule is CCC(C)C1NC(C(C)C)N(CCCN(C)C(C)C)C1=O.